The Hall–Kier alpha value is -7.45. The highest BCUT2D eigenvalue weighted by Crippen LogP contribution is 2.45. The monoisotopic (exact) mass is 1340 g/mol. The molecule has 0 heterocycles. The molecule has 0 unspecified atom stereocenters. The van der Waals surface area contributed by atoms with Gasteiger partial charge in [0.1, 0.15) is 49.0 Å². The number of carbonyl (C=O) groups excluding carboxylic acids is 11. The van der Waals surface area contributed by atoms with Gasteiger partial charge < -0.3 is 49.5 Å². The number of fused-ring (bicyclic) bond motifs is 3. The van der Waals surface area contributed by atoms with Crippen molar-refractivity contribution in [2.45, 2.75) is 223 Å². The first-order valence-corrected chi connectivity index (χ1v) is 34.7. The minimum absolute atomic E-state index is 0.0348. The zero-order chi connectivity index (χ0) is 72.9. The summed E-state index contributed by atoms with van der Waals surface area (Å²) in [5.74, 6) is -9.68. The van der Waals surface area contributed by atoms with Crippen LogP contribution in [0.15, 0.2) is 60.7 Å². The fraction of sp³-hybridized carbons (Fsp3) is 0.667. The molecule has 96 heavy (non-hydrogen) atoms. The summed E-state index contributed by atoms with van der Waals surface area (Å²) in [6.07, 6.45) is 3.91. The Morgan fingerprint density at radius 3 is 1.49 bits per heavy atom. The maximum Gasteiger partial charge on any atom is 0.306 e. The number of hydrogen-bond donors (Lipinski definition) is 2. The van der Waals surface area contributed by atoms with Crippen LogP contribution in [0.4, 0.5) is 0 Å². The van der Waals surface area contributed by atoms with E-state index in [1.807, 2.05) is 118 Å². The summed E-state index contributed by atoms with van der Waals surface area (Å²) in [5, 5.41) is 5.62. The molecule has 0 radical (unpaired) electrons. The second kappa shape index (κ2) is 38.5. The molecule has 2 aromatic carbocycles. The average Bonchev–Trinajstić information content (AvgIpc) is 1.59. The molecule has 3 rings (SSSR count). The SMILES string of the molecule is C/C=C/C[C@@H](C)[C@@H](OC(C)=O)[C@@H](C(=O)N[C@@H](CC)C(=O)N(C)CCC)N(C)C(=O)[C@H](C(C)C)N(C)C(=O)[C@H](CC(C)C)N(C)C(=O)[C@H](CC(C)C)N(C)C(=O)[C@@H](C)NC(=O)[C@H](C)CC(=O)[C@H](CC(C)C)N(C)C(=O)[C@@H](CC(=O)OCC1c2ccccc2-c2ccccc21)C(C)C. The maximum absolute atomic E-state index is 15.3. The summed E-state index contributed by atoms with van der Waals surface area (Å²) in [6.45, 7) is 30.7. The zero-order valence-corrected chi connectivity index (χ0v) is 62.2. The predicted octanol–water partition coefficient (Wildman–Crippen LogP) is 9.33. The van der Waals surface area contributed by atoms with Gasteiger partial charge in [0, 0.05) is 74.0 Å². The van der Waals surface area contributed by atoms with Crippen LogP contribution >= 0.6 is 0 Å². The van der Waals surface area contributed by atoms with E-state index in [1.165, 1.54) is 71.4 Å². The van der Waals surface area contributed by atoms with E-state index >= 15 is 14.4 Å². The van der Waals surface area contributed by atoms with Gasteiger partial charge in [-0.1, -0.05) is 158 Å². The molecular formula is C75H118N8O13. The first-order valence-electron chi connectivity index (χ1n) is 34.7. The lowest BCUT2D eigenvalue weighted by atomic mass is 9.88. The molecule has 0 saturated heterocycles. The van der Waals surface area contributed by atoms with Crippen LogP contribution in [0, 0.1) is 47.3 Å². The predicted molar refractivity (Wildman–Crippen MR) is 374 cm³/mol. The van der Waals surface area contributed by atoms with Crippen LogP contribution < -0.4 is 10.6 Å². The third-order valence-corrected chi connectivity index (χ3v) is 18.6. The number of esters is 2. The van der Waals surface area contributed by atoms with Gasteiger partial charge in [-0.15, -0.1) is 0 Å². The number of nitrogens with one attached hydrogen (secondary N) is 2. The standard InChI is InChI=1S/C75H118N8O13/c1-24-27-32-49(14)67(96-52(17)84)66(69(88)77-59(26-3)72(91)78(18)37-25-2)83(23)75(94)65(48(12)13)82(22)74(93)62(40-46(8)9)81(21)73(92)61(39-45(6)7)80(20)70(89)51(16)76-68(87)50(15)41-63(85)60(38-44(4)5)79(19)71(90)57(47(10)11)42-64(86)95-43-58-55-35-30-28-33-53(55)54-34-29-31-36-56(54)58/h24,27-31,33-36,44-51,57-62,65-67H,25-26,32,37-43H2,1-23H3,(H,76,87)(H,77,88)/b27-24+/t49-,50-,51-,57+,59+,60+,61+,62+,65+,66+,67-/m1/s1. The fourth-order valence-electron chi connectivity index (χ4n) is 13.0. The van der Waals surface area contributed by atoms with Crippen molar-refractivity contribution < 1.29 is 62.2 Å². The van der Waals surface area contributed by atoms with Crippen molar-refractivity contribution in [2.24, 2.45) is 47.3 Å². The lowest BCUT2D eigenvalue weighted by Crippen LogP contribution is -2.64. The highest BCUT2D eigenvalue weighted by Gasteiger charge is 2.47. The van der Waals surface area contributed by atoms with E-state index < -0.39 is 125 Å². The molecule has 0 aromatic heterocycles. The molecule has 1 aliphatic carbocycles. The van der Waals surface area contributed by atoms with Crippen molar-refractivity contribution >= 4 is 65.0 Å². The summed E-state index contributed by atoms with van der Waals surface area (Å²) in [5.41, 5.74) is 4.32. The van der Waals surface area contributed by atoms with Gasteiger partial charge in [0.25, 0.3) is 0 Å². The van der Waals surface area contributed by atoms with Gasteiger partial charge in [-0.3, -0.25) is 52.7 Å². The molecule has 0 bridgehead atoms. The van der Waals surface area contributed by atoms with Gasteiger partial charge in [0.05, 0.1) is 18.4 Å². The van der Waals surface area contributed by atoms with E-state index in [-0.39, 0.29) is 86.4 Å². The van der Waals surface area contributed by atoms with Crippen LogP contribution in [0.3, 0.4) is 0 Å². The molecule has 2 aromatic rings. The molecule has 2 N–H and O–H groups in total. The molecule has 21 nitrogen and oxygen atoms in total. The quantitative estimate of drug-likeness (QED) is 0.0470. The molecule has 8 amide bonds. The van der Waals surface area contributed by atoms with E-state index in [0.29, 0.717) is 19.4 Å². The molecule has 0 spiro atoms. The fourth-order valence-corrected chi connectivity index (χ4v) is 13.0. The van der Waals surface area contributed by atoms with E-state index in [2.05, 4.69) is 22.8 Å². The number of rotatable bonds is 38. The van der Waals surface area contributed by atoms with Crippen LogP contribution in [0.5, 0.6) is 0 Å². The van der Waals surface area contributed by atoms with Crippen molar-refractivity contribution in [2.75, 3.05) is 55.4 Å². The molecular weight excluding hydrogens is 1220 g/mol. The summed E-state index contributed by atoms with van der Waals surface area (Å²) >= 11 is 0. The molecule has 0 aliphatic heterocycles. The Bertz CT molecular complexity index is 2970. The van der Waals surface area contributed by atoms with Gasteiger partial charge >= 0.3 is 11.9 Å². The van der Waals surface area contributed by atoms with E-state index in [0.717, 1.165) is 22.3 Å². The van der Waals surface area contributed by atoms with Crippen LogP contribution in [0.1, 0.15) is 186 Å². The Labute approximate surface area is 573 Å². The second-order valence-electron chi connectivity index (χ2n) is 28.7. The van der Waals surface area contributed by atoms with E-state index in [9.17, 15) is 38.4 Å². The summed E-state index contributed by atoms with van der Waals surface area (Å²) in [6, 6.07) is 8.00. The van der Waals surface area contributed by atoms with Gasteiger partial charge in [0.15, 0.2) is 5.78 Å². The minimum atomic E-state index is -1.46. The third-order valence-electron chi connectivity index (χ3n) is 18.6. The van der Waals surface area contributed by atoms with Crippen LogP contribution in [0.25, 0.3) is 11.1 Å². The van der Waals surface area contributed by atoms with E-state index in [1.54, 1.807) is 48.7 Å². The molecule has 21 heteroatoms. The molecule has 536 valence electrons. The lowest BCUT2D eigenvalue weighted by Gasteiger charge is -2.42. The first-order chi connectivity index (χ1) is 44.9. The van der Waals surface area contributed by atoms with Gasteiger partial charge in [-0.25, -0.2) is 0 Å². The Morgan fingerprint density at radius 1 is 0.542 bits per heavy atom. The molecule has 0 saturated carbocycles. The Balaban J connectivity index is 1.87. The normalized spacial score (nSPS) is 15.6. The number of carbonyl (C=O) groups is 11. The highest BCUT2D eigenvalue weighted by molar-refractivity contribution is 5.98. The van der Waals surface area contributed by atoms with Gasteiger partial charge in [-0.05, 0) is 110 Å². The summed E-state index contributed by atoms with van der Waals surface area (Å²) in [4.78, 5) is 166. The topological polar surface area (TPSA) is 250 Å². The second-order valence-corrected chi connectivity index (χ2v) is 28.7. The number of ketones is 1. The lowest BCUT2D eigenvalue weighted by molar-refractivity contribution is -0.164. The number of likely N-dealkylation sites (N-methyl/N-ethyl adjacent to an activating group) is 6. The van der Waals surface area contributed by atoms with Crippen molar-refractivity contribution in [1.29, 1.82) is 0 Å². The number of allylic oxidation sites excluding steroid dienone is 2. The first kappa shape index (κ1) is 82.8. The number of Topliss-reactive ketones (excluding diaryl/α,β-unsaturated/α-hetero) is 1. The van der Waals surface area contributed by atoms with Gasteiger partial charge in [0.2, 0.25) is 47.3 Å². The van der Waals surface area contributed by atoms with Crippen molar-refractivity contribution in [3.8, 4) is 11.1 Å². The maximum atomic E-state index is 15.3. The largest absolute Gasteiger partial charge is 0.465 e. The molecule has 0 fully saturated rings. The Kier molecular flexibility index (Phi) is 33.2. The van der Waals surface area contributed by atoms with Gasteiger partial charge in [-0.2, -0.15) is 0 Å². The minimum Gasteiger partial charge on any atom is -0.465 e. The van der Waals surface area contributed by atoms with Crippen molar-refractivity contribution in [3.63, 3.8) is 0 Å². The van der Waals surface area contributed by atoms with Crippen LogP contribution in [-0.4, -0.2) is 198 Å². The van der Waals surface area contributed by atoms with Crippen LogP contribution in [-0.2, 0) is 62.2 Å². The highest BCUT2D eigenvalue weighted by atomic mass is 16.5. The average molecular weight is 1340 g/mol. The van der Waals surface area contributed by atoms with Crippen LogP contribution in [0.2, 0.25) is 0 Å². The number of benzene rings is 2. The van der Waals surface area contributed by atoms with Crippen molar-refractivity contribution in [1.82, 2.24) is 40.0 Å². The molecule has 1 aliphatic rings. The molecule has 11 atom stereocenters. The Morgan fingerprint density at radius 2 is 1.02 bits per heavy atom. The number of hydrogen-bond acceptors (Lipinski definition) is 13. The zero-order valence-electron chi connectivity index (χ0n) is 62.2. The third kappa shape index (κ3) is 22.3. The number of amides is 8. The smallest absolute Gasteiger partial charge is 0.306 e. The van der Waals surface area contributed by atoms with E-state index in [4.69, 9.17) is 9.47 Å². The number of nitrogens with zero attached hydrogens (tertiary/aromatic N) is 6. The summed E-state index contributed by atoms with van der Waals surface area (Å²) in [7, 11) is 9.03. The summed E-state index contributed by atoms with van der Waals surface area (Å²) < 4.78 is 11.8. The van der Waals surface area contributed by atoms with Crippen molar-refractivity contribution in [3.05, 3.63) is 71.8 Å². The number of ether oxygens (including phenoxy) is 2.